The maximum Gasteiger partial charge on any atom is 0.226 e. The van der Waals surface area contributed by atoms with Crippen LogP contribution in [0.4, 0.5) is 0 Å². The molecule has 0 unspecified atom stereocenters. The Morgan fingerprint density at radius 1 is 1.33 bits per heavy atom. The van der Waals surface area contributed by atoms with Gasteiger partial charge in [0.15, 0.2) is 0 Å². The topological polar surface area (TPSA) is 40.5 Å². The summed E-state index contributed by atoms with van der Waals surface area (Å²) in [4.78, 5) is 13.8. The monoisotopic (exact) mass is 215 g/mol. The van der Waals surface area contributed by atoms with E-state index in [0.29, 0.717) is 12.5 Å². The van der Waals surface area contributed by atoms with Gasteiger partial charge in [-0.3, -0.25) is 4.79 Å². The van der Waals surface area contributed by atoms with Crippen molar-refractivity contribution in [3.63, 3.8) is 0 Å². The molecular formula is C12H25NO2. The third-order valence-electron chi connectivity index (χ3n) is 2.68. The predicted octanol–water partition coefficient (Wildman–Crippen LogP) is 1.76. The first kappa shape index (κ1) is 14.4. The number of carbonyl (C=O) groups is 1. The van der Waals surface area contributed by atoms with Crippen LogP contribution in [0.2, 0.25) is 0 Å². The Balaban J connectivity index is 4.72. The number of hydrogen-bond donors (Lipinski definition) is 1. The lowest BCUT2D eigenvalue weighted by atomic mass is 9.73. The summed E-state index contributed by atoms with van der Waals surface area (Å²) in [6, 6.07) is 0. The average Bonchev–Trinajstić information content (AvgIpc) is 2.00. The van der Waals surface area contributed by atoms with Crippen molar-refractivity contribution in [2.45, 2.75) is 34.6 Å². The minimum absolute atomic E-state index is 0.00838. The van der Waals surface area contributed by atoms with E-state index < -0.39 is 0 Å². The summed E-state index contributed by atoms with van der Waals surface area (Å²) in [5, 5.41) is 8.81. The van der Waals surface area contributed by atoms with Crippen LogP contribution >= 0.6 is 0 Å². The average molecular weight is 215 g/mol. The third kappa shape index (κ3) is 4.20. The van der Waals surface area contributed by atoms with E-state index in [2.05, 4.69) is 34.6 Å². The molecule has 0 aromatic carbocycles. The first-order valence-corrected chi connectivity index (χ1v) is 5.57. The van der Waals surface area contributed by atoms with Crippen molar-refractivity contribution in [1.29, 1.82) is 0 Å². The molecule has 0 saturated carbocycles. The standard InChI is InChI=1S/C12H25NO2/c1-9(2)10(12(3,4)5)11(15)13(6)7-8-14/h9-10,14H,7-8H2,1-6H3/t10-/m1/s1. The van der Waals surface area contributed by atoms with Crippen molar-refractivity contribution in [2.24, 2.45) is 17.3 Å². The third-order valence-corrected chi connectivity index (χ3v) is 2.68. The van der Waals surface area contributed by atoms with Crippen LogP contribution in [0.5, 0.6) is 0 Å². The fourth-order valence-corrected chi connectivity index (χ4v) is 2.15. The van der Waals surface area contributed by atoms with E-state index in [1.165, 1.54) is 0 Å². The number of rotatable bonds is 4. The van der Waals surface area contributed by atoms with E-state index in [-0.39, 0.29) is 23.8 Å². The van der Waals surface area contributed by atoms with Crippen LogP contribution in [-0.4, -0.2) is 36.1 Å². The summed E-state index contributed by atoms with van der Waals surface area (Å²) in [5.74, 6) is 0.458. The Bertz CT molecular complexity index is 206. The van der Waals surface area contributed by atoms with Crippen LogP contribution in [0.15, 0.2) is 0 Å². The van der Waals surface area contributed by atoms with E-state index in [1.807, 2.05) is 0 Å². The molecule has 0 spiro atoms. The van der Waals surface area contributed by atoms with Crippen molar-refractivity contribution in [1.82, 2.24) is 4.90 Å². The zero-order chi connectivity index (χ0) is 12.2. The lowest BCUT2D eigenvalue weighted by molar-refractivity contribution is -0.140. The van der Waals surface area contributed by atoms with Gasteiger partial charge >= 0.3 is 0 Å². The highest BCUT2D eigenvalue weighted by atomic mass is 16.3. The Hall–Kier alpha value is -0.570. The summed E-state index contributed by atoms with van der Waals surface area (Å²) in [7, 11) is 1.75. The number of amides is 1. The van der Waals surface area contributed by atoms with Gasteiger partial charge in [-0.05, 0) is 11.3 Å². The van der Waals surface area contributed by atoms with Crippen LogP contribution in [0.25, 0.3) is 0 Å². The van der Waals surface area contributed by atoms with Gasteiger partial charge in [0.25, 0.3) is 0 Å². The van der Waals surface area contributed by atoms with E-state index in [9.17, 15) is 4.79 Å². The minimum atomic E-state index is -0.0328. The van der Waals surface area contributed by atoms with Crippen molar-refractivity contribution in [3.05, 3.63) is 0 Å². The van der Waals surface area contributed by atoms with Crippen LogP contribution in [0, 0.1) is 17.3 Å². The molecule has 90 valence electrons. The van der Waals surface area contributed by atoms with Crippen LogP contribution in [0.3, 0.4) is 0 Å². The van der Waals surface area contributed by atoms with E-state index in [0.717, 1.165) is 0 Å². The highest BCUT2D eigenvalue weighted by Gasteiger charge is 2.35. The molecule has 0 aliphatic rings. The molecule has 1 atom stereocenters. The lowest BCUT2D eigenvalue weighted by Crippen LogP contribution is -2.42. The second-order valence-corrected chi connectivity index (χ2v) is 5.57. The second kappa shape index (κ2) is 5.50. The number of hydrogen-bond acceptors (Lipinski definition) is 2. The van der Waals surface area contributed by atoms with Gasteiger partial charge in [-0.25, -0.2) is 0 Å². The maximum absolute atomic E-state index is 12.1. The van der Waals surface area contributed by atoms with Gasteiger partial charge in [0.1, 0.15) is 0 Å². The van der Waals surface area contributed by atoms with Gasteiger partial charge in [-0.1, -0.05) is 34.6 Å². The van der Waals surface area contributed by atoms with E-state index >= 15 is 0 Å². The predicted molar refractivity (Wildman–Crippen MR) is 62.5 cm³/mol. The molecule has 1 N–H and O–H groups in total. The van der Waals surface area contributed by atoms with Crippen molar-refractivity contribution in [2.75, 3.05) is 20.2 Å². The molecule has 15 heavy (non-hydrogen) atoms. The van der Waals surface area contributed by atoms with Gasteiger partial charge < -0.3 is 10.0 Å². The van der Waals surface area contributed by atoms with Crippen molar-refractivity contribution < 1.29 is 9.90 Å². The first-order chi connectivity index (χ1) is 6.71. The summed E-state index contributed by atoms with van der Waals surface area (Å²) >= 11 is 0. The molecule has 0 aromatic heterocycles. The number of aliphatic hydroxyl groups excluding tert-OH is 1. The van der Waals surface area contributed by atoms with Gasteiger partial charge in [-0.2, -0.15) is 0 Å². The number of nitrogens with zero attached hydrogens (tertiary/aromatic N) is 1. The zero-order valence-electron chi connectivity index (χ0n) is 10.9. The Labute approximate surface area is 93.5 Å². The minimum Gasteiger partial charge on any atom is -0.395 e. The van der Waals surface area contributed by atoms with Gasteiger partial charge in [0, 0.05) is 19.5 Å². The molecule has 0 rings (SSSR count). The highest BCUT2D eigenvalue weighted by molar-refractivity contribution is 5.79. The molecule has 0 bridgehead atoms. The molecular weight excluding hydrogens is 190 g/mol. The highest BCUT2D eigenvalue weighted by Crippen LogP contribution is 2.33. The summed E-state index contributed by atoms with van der Waals surface area (Å²) in [5.41, 5.74) is -0.0328. The van der Waals surface area contributed by atoms with Gasteiger partial charge in [0.2, 0.25) is 5.91 Å². The molecule has 0 aromatic rings. The second-order valence-electron chi connectivity index (χ2n) is 5.57. The van der Waals surface area contributed by atoms with Gasteiger partial charge in [-0.15, -0.1) is 0 Å². The Morgan fingerprint density at radius 2 is 1.80 bits per heavy atom. The summed E-state index contributed by atoms with van der Waals surface area (Å²) in [6.07, 6.45) is 0. The zero-order valence-corrected chi connectivity index (χ0v) is 10.9. The fraction of sp³-hybridized carbons (Fsp3) is 0.917. The molecule has 0 saturated heterocycles. The Kier molecular flexibility index (Phi) is 5.29. The quantitative estimate of drug-likeness (QED) is 0.776. The summed E-state index contributed by atoms with van der Waals surface area (Å²) in [6.45, 7) is 10.8. The molecule has 0 fully saturated rings. The lowest BCUT2D eigenvalue weighted by Gasteiger charge is -2.35. The largest absolute Gasteiger partial charge is 0.395 e. The summed E-state index contributed by atoms with van der Waals surface area (Å²) < 4.78 is 0. The number of likely N-dealkylation sites (N-methyl/N-ethyl adjacent to an activating group) is 1. The molecule has 0 aliphatic heterocycles. The van der Waals surface area contributed by atoms with Crippen molar-refractivity contribution in [3.8, 4) is 0 Å². The molecule has 3 nitrogen and oxygen atoms in total. The molecule has 0 aliphatic carbocycles. The smallest absolute Gasteiger partial charge is 0.226 e. The van der Waals surface area contributed by atoms with Crippen molar-refractivity contribution >= 4 is 5.91 Å². The first-order valence-electron chi connectivity index (χ1n) is 5.57. The van der Waals surface area contributed by atoms with Gasteiger partial charge in [0.05, 0.1) is 6.61 Å². The van der Waals surface area contributed by atoms with Crippen LogP contribution in [-0.2, 0) is 4.79 Å². The normalized spacial score (nSPS) is 14.1. The molecule has 1 amide bonds. The maximum atomic E-state index is 12.1. The van der Waals surface area contributed by atoms with Crippen LogP contribution in [0.1, 0.15) is 34.6 Å². The Morgan fingerprint density at radius 3 is 2.07 bits per heavy atom. The SMILES string of the molecule is CC(C)[C@H](C(=O)N(C)CCO)C(C)(C)C. The van der Waals surface area contributed by atoms with Crippen LogP contribution < -0.4 is 0 Å². The number of aliphatic hydroxyl groups is 1. The molecule has 0 heterocycles. The molecule has 0 radical (unpaired) electrons. The van der Waals surface area contributed by atoms with E-state index in [4.69, 9.17) is 5.11 Å². The fourth-order valence-electron chi connectivity index (χ4n) is 2.15. The number of carbonyl (C=O) groups excluding carboxylic acids is 1. The van der Waals surface area contributed by atoms with E-state index in [1.54, 1.807) is 11.9 Å². The molecule has 3 heteroatoms.